The summed E-state index contributed by atoms with van der Waals surface area (Å²) in [6.45, 7) is 5.57. The zero-order valence-corrected chi connectivity index (χ0v) is 14.6. The van der Waals surface area contributed by atoms with Crippen LogP contribution in [0.25, 0.3) is 0 Å². The number of nitrogens with one attached hydrogen (secondary N) is 2. The molecule has 7 heteroatoms. The lowest BCUT2D eigenvalue weighted by Crippen LogP contribution is -2.29. The van der Waals surface area contributed by atoms with Gasteiger partial charge in [0, 0.05) is 24.7 Å². The number of hydrogen-bond acceptors (Lipinski definition) is 5. The molecule has 1 aromatic rings. The smallest absolute Gasteiger partial charge is 0.305 e. The van der Waals surface area contributed by atoms with Crippen LogP contribution in [0, 0.1) is 0 Å². The molecular formula is C16H24N2O4S. The van der Waals surface area contributed by atoms with E-state index in [9.17, 15) is 4.79 Å². The minimum absolute atomic E-state index is 0.224. The van der Waals surface area contributed by atoms with Gasteiger partial charge in [-0.15, -0.1) is 0 Å². The highest BCUT2D eigenvalue weighted by Gasteiger charge is 2.07. The molecule has 0 heterocycles. The molecular weight excluding hydrogens is 316 g/mol. The molecule has 0 aliphatic carbocycles. The van der Waals surface area contributed by atoms with E-state index in [0.29, 0.717) is 49.2 Å². The quantitative estimate of drug-likeness (QED) is 0.407. The Labute approximate surface area is 142 Å². The Bertz CT molecular complexity index is 523. The van der Waals surface area contributed by atoms with Gasteiger partial charge in [0.1, 0.15) is 0 Å². The van der Waals surface area contributed by atoms with Crippen molar-refractivity contribution in [3.8, 4) is 11.5 Å². The summed E-state index contributed by atoms with van der Waals surface area (Å²) in [5.41, 5.74) is 0.808. The van der Waals surface area contributed by atoms with Crippen molar-refractivity contribution in [2.75, 3.05) is 32.2 Å². The summed E-state index contributed by atoms with van der Waals surface area (Å²) in [4.78, 5) is 11.0. The van der Waals surface area contributed by atoms with Crippen LogP contribution in [-0.2, 0) is 9.53 Å². The third kappa shape index (κ3) is 7.19. The van der Waals surface area contributed by atoms with Gasteiger partial charge in [0.15, 0.2) is 16.6 Å². The highest BCUT2D eigenvalue weighted by molar-refractivity contribution is 7.80. The molecule has 2 N–H and O–H groups in total. The van der Waals surface area contributed by atoms with E-state index in [1.807, 2.05) is 32.0 Å². The molecule has 0 saturated heterocycles. The fraction of sp³-hybridized carbons (Fsp3) is 0.500. The molecule has 1 rings (SSSR count). The van der Waals surface area contributed by atoms with Crippen LogP contribution in [0.3, 0.4) is 0 Å². The number of esters is 1. The standard InChI is InChI=1S/C16H24N2O4S/c1-4-21-13-9-8-12(11-14(13)22-5-2)18-16(23)17-10-6-7-15(19)20-3/h8-9,11H,4-7,10H2,1-3H3,(H2,17,18,23). The molecule has 0 atom stereocenters. The van der Waals surface area contributed by atoms with Crippen molar-refractivity contribution in [3.05, 3.63) is 18.2 Å². The lowest BCUT2D eigenvalue weighted by Gasteiger charge is -2.14. The maximum Gasteiger partial charge on any atom is 0.305 e. The minimum atomic E-state index is -0.224. The average molecular weight is 340 g/mol. The molecule has 0 aliphatic rings. The zero-order chi connectivity index (χ0) is 17.1. The Morgan fingerprint density at radius 1 is 1.17 bits per heavy atom. The fourth-order valence-corrected chi connectivity index (χ4v) is 2.06. The van der Waals surface area contributed by atoms with Crippen LogP contribution in [-0.4, -0.2) is 38.0 Å². The summed E-state index contributed by atoms with van der Waals surface area (Å²) < 4.78 is 15.7. The monoisotopic (exact) mass is 340 g/mol. The van der Waals surface area contributed by atoms with Crippen LogP contribution < -0.4 is 20.1 Å². The maximum absolute atomic E-state index is 11.0. The van der Waals surface area contributed by atoms with Gasteiger partial charge in [0.05, 0.1) is 20.3 Å². The summed E-state index contributed by atoms with van der Waals surface area (Å²) in [5.74, 6) is 1.16. The first-order valence-corrected chi connectivity index (χ1v) is 8.02. The Kier molecular flexibility index (Phi) is 8.82. The number of rotatable bonds is 9. The number of ether oxygens (including phenoxy) is 3. The summed E-state index contributed by atoms with van der Waals surface area (Å²) in [7, 11) is 1.38. The first-order valence-electron chi connectivity index (χ1n) is 7.62. The summed E-state index contributed by atoms with van der Waals surface area (Å²) in [6, 6.07) is 5.56. The number of carbonyl (C=O) groups is 1. The molecule has 0 spiro atoms. The predicted molar refractivity (Wildman–Crippen MR) is 94.3 cm³/mol. The van der Waals surface area contributed by atoms with Crippen LogP contribution in [0.2, 0.25) is 0 Å². The average Bonchev–Trinajstić information content (AvgIpc) is 2.54. The zero-order valence-electron chi connectivity index (χ0n) is 13.8. The second-order valence-electron chi connectivity index (χ2n) is 4.59. The first kappa shape index (κ1) is 19.0. The van der Waals surface area contributed by atoms with Crippen molar-refractivity contribution in [1.82, 2.24) is 5.32 Å². The fourth-order valence-electron chi connectivity index (χ4n) is 1.84. The van der Waals surface area contributed by atoms with Crippen LogP contribution >= 0.6 is 12.2 Å². The van der Waals surface area contributed by atoms with Gasteiger partial charge in [-0.25, -0.2) is 0 Å². The molecule has 0 fully saturated rings. The third-order valence-corrected chi connectivity index (χ3v) is 3.12. The molecule has 0 unspecified atom stereocenters. The lowest BCUT2D eigenvalue weighted by molar-refractivity contribution is -0.140. The molecule has 0 amide bonds. The molecule has 0 aliphatic heterocycles. The van der Waals surface area contributed by atoms with E-state index >= 15 is 0 Å². The molecule has 6 nitrogen and oxygen atoms in total. The van der Waals surface area contributed by atoms with Crippen molar-refractivity contribution in [1.29, 1.82) is 0 Å². The van der Waals surface area contributed by atoms with Gasteiger partial charge in [-0.05, 0) is 44.6 Å². The van der Waals surface area contributed by atoms with Gasteiger partial charge in [-0.3, -0.25) is 4.79 Å². The van der Waals surface area contributed by atoms with E-state index in [1.54, 1.807) is 0 Å². The molecule has 0 aromatic heterocycles. The largest absolute Gasteiger partial charge is 0.490 e. The molecule has 23 heavy (non-hydrogen) atoms. The number of carbonyl (C=O) groups excluding carboxylic acids is 1. The van der Waals surface area contributed by atoms with E-state index < -0.39 is 0 Å². The van der Waals surface area contributed by atoms with Gasteiger partial charge < -0.3 is 24.8 Å². The Hall–Kier alpha value is -2.02. The van der Waals surface area contributed by atoms with Crippen LogP contribution in [0.4, 0.5) is 5.69 Å². The van der Waals surface area contributed by atoms with Gasteiger partial charge >= 0.3 is 5.97 Å². The SMILES string of the molecule is CCOc1ccc(NC(=S)NCCCC(=O)OC)cc1OCC. The summed E-state index contributed by atoms with van der Waals surface area (Å²) >= 11 is 5.22. The molecule has 0 radical (unpaired) electrons. The molecule has 0 bridgehead atoms. The van der Waals surface area contributed by atoms with Gasteiger partial charge in [-0.1, -0.05) is 0 Å². The Balaban J connectivity index is 2.50. The Morgan fingerprint density at radius 2 is 1.87 bits per heavy atom. The highest BCUT2D eigenvalue weighted by atomic mass is 32.1. The van der Waals surface area contributed by atoms with E-state index in [1.165, 1.54) is 7.11 Å². The highest BCUT2D eigenvalue weighted by Crippen LogP contribution is 2.30. The van der Waals surface area contributed by atoms with Crippen molar-refractivity contribution < 1.29 is 19.0 Å². The minimum Gasteiger partial charge on any atom is -0.490 e. The summed E-state index contributed by atoms with van der Waals surface area (Å²) in [6.07, 6.45) is 1.02. The van der Waals surface area contributed by atoms with Crippen LogP contribution in [0.15, 0.2) is 18.2 Å². The van der Waals surface area contributed by atoms with Gasteiger partial charge in [0.2, 0.25) is 0 Å². The van der Waals surface area contributed by atoms with Gasteiger partial charge in [0.25, 0.3) is 0 Å². The number of benzene rings is 1. The molecule has 1 aromatic carbocycles. The number of thiocarbonyl (C=S) groups is 1. The second-order valence-corrected chi connectivity index (χ2v) is 5.00. The second kappa shape index (κ2) is 10.7. The first-order chi connectivity index (χ1) is 11.1. The molecule has 128 valence electrons. The lowest BCUT2D eigenvalue weighted by atomic mass is 10.2. The molecule has 0 saturated carbocycles. The number of hydrogen-bond donors (Lipinski definition) is 2. The van der Waals surface area contributed by atoms with E-state index in [0.717, 1.165) is 5.69 Å². The Morgan fingerprint density at radius 3 is 2.52 bits per heavy atom. The topological polar surface area (TPSA) is 68.8 Å². The summed E-state index contributed by atoms with van der Waals surface area (Å²) in [5, 5.41) is 6.61. The number of anilines is 1. The van der Waals surface area contributed by atoms with Crippen molar-refractivity contribution in [2.24, 2.45) is 0 Å². The van der Waals surface area contributed by atoms with Crippen molar-refractivity contribution >= 4 is 29.0 Å². The number of methoxy groups -OCH3 is 1. The van der Waals surface area contributed by atoms with Crippen LogP contribution in [0.5, 0.6) is 11.5 Å². The normalized spacial score (nSPS) is 9.87. The van der Waals surface area contributed by atoms with Gasteiger partial charge in [-0.2, -0.15) is 0 Å². The van der Waals surface area contributed by atoms with Crippen molar-refractivity contribution in [2.45, 2.75) is 26.7 Å². The van der Waals surface area contributed by atoms with E-state index in [2.05, 4.69) is 15.4 Å². The van der Waals surface area contributed by atoms with Crippen molar-refractivity contribution in [3.63, 3.8) is 0 Å². The van der Waals surface area contributed by atoms with E-state index in [-0.39, 0.29) is 5.97 Å². The van der Waals surface area contributed by atoms with E-state index in [4.69, 9.17) is 21.7 Å². The maximum atomic E-state index is 11.0. The predicted octanol–water partition coefficient (Wildman–Crippen LogP) is 2.72. The van der Waals surface area contributed by atoms with Crippen LogP contribution in [0.1, 0.15) is 26.7 Å². The third-order valence-electron chi connectivity index (χ3n) is 2.87.